The SMILES string of the molecule is CCC/C=C/CC1(C)COc2cc(C3CCCCN3C=O)ccc21. The minimum absolute atomic E-state index is 0.0645. The van der Waals surface area contributed by atoms with E-state index in [9.17, 15) is 4.79 Å². The predicted octanol–water partition coefficient (Wildman–Crippen LogP) is 4.77. The number of nitrogens with zero attached hydrogens (tertiary/aromatic N) is 1. The molecule has 2 aliphatic heterocycles. The molecule has 0 aliphatic carbocycles. The number of carbonyl (C=O) groups excluding carboxylic acids is 1. The van der Waals surface area contributed by atoms with Crippen LogP contribution in [0, 0.1) is 0 Å². The van der Waals surface area contributed by atoms with Gasteiger partial charge in [-0.15, -0.1) is 0 Å². The molecular weight excluding hydrogens is 298 g/mol. The zero-order valence-electron chi connectivity index (χ0n) is 15.0. The molecule has 0 radical (unpaired) electrons. The first kappa shape index (κ1) is 17.1. The van der Waals surface area contributed by atoms with Crippen molar-refractivity contribution in [1.82, 2.24) is 4.90 Å². The first-order valence-electron chi connectivity index (χ1n) is 9.31. The number of allylic oxidation sites excluding steroid dienone is 2. The van der Waals surface area contributed by atoms with E-state index in [1.807, 2.05) is 4.90 Å². The first-order chi connectivity index (χ1) is 11.7. The maximum atomic E-state index is 11.3. The summed E-state index contributed by atoms with van der Waals surface area (Å²) in [4.78, 5) is 13.3. The molecule has 0 spiro atoms. The Kier molecular flexibility index (Phi) is 5.27. The molecule has 1 aromatic rings. The lowest BCUT2D eigenvalue weighted by molar-refractivity contribution is -0.121. The van der Waals surface area contributed by atoms with E-state index in [2.05, 4.69) is 44.2 Å². The van der Waals surface area contributed by atoms with Crippen molar-refractivity contribution < 1.29 is 9.53 Å². The normalized spacial score (nSPS) is 26.4. The Hall–Kier alpha value is -1.77. The molecule has 3 heteroatoms. The Morgan fingerprint density at radius 3 is 3.00 bits per heavy atom. The molecule has 1 fully saturated rings. The lowest BCUT2D eigenvalue weighted by atomic mass is 9.80. The molecule has 2 unspecified atom stereocenters. The largest absolute Gasteiger partial charge is 0.492 e. The summed E-state index contributed by atoms with van der Waals surface area (Å²) >= 11 is 0. The number of ether oxygens (including phenoxy) is 1. The van der Waals surface area contributed by atoms with Gasteiger partial charge in [-0.1, -0.05) is 44.6 Å². The molecule has 3 rings (SSSR count). The Bertz CT molecular complexity index is 610. The molecule has 24 heavy (non-hydrogen) atoms. The molecule has 0 saturated carbocycles. The van der Waals surface area contributed by atoms with Crippen molar-refractivity contribution in [1.29, 1.82) is 0 Å². The molecule has 1 aromatic carbocycles. The van der Waals surface area contributed by atoms with Gasteiger partial charge in [-0.3, -0.25) is 4.79 Å². The summed E-state index contributed by atoms with van der Waals surface area (Å²) in [7, 11) is 0. The zero-order chi connectivity index (χ0) is 17.0. The van der Waals surface area contributed by atoms with E-state index in [0.717, 1.165) is 51.0 Å². The fourth-order valence-corrected chi connectivity index (χ4v) is 3.91. The van der Waals surface area contributed by atoms with Gasteiger partial charge in [0.1, 0.15) is 5.75 Å². The predicted molar refractivity (Wildman–Crippen MR) is 97.3 cm³/mol. The van der Waals surface area contributed by atoms with Gasteiger partial charge in [-0.2, -0.15) is 0 Å². The average Bonchev–Trinajstić information content (AvgIpc) is 2.95. The minimum Gasteiger partial charge on any atom is -0.492 e. The van der Waals surface area contributed by atoms with Crippen LogP contribution in [0.25, 0.3) is 0 Å². The number of rotatable bonds is 6. The smallest absolute Gasteiger partial charge is 0.210 e. The molecule has 2 heterocycles. The van der Waals surface area contributed by atoms with Gasteiger partial charge in [-0.25, -0.2) is 0 Å². The van der Waals surface area contributed by atoms with Crippen molar-refractivity contribution in [3.8, 4) is 5.75 Å². The van der Waals surface area contributed by atoms with Gasteiger partial charge >= 0.3 is 0 Å². The number of likely N-dealkylation sites (tertiary alicyclic amines) is 1. The molecule has 0 N–H and O–H groups in total. The second-order valence-electron chi connectivity index (χ2n) is 7.42. The molecular formula is C21H29NO2. The van der Waals surface area contributed by atoms with E-state index < -0.39 is 0 Å². The molecule has 2 atom stereocenters. The summed E-state index contributed by atoms with van der Waals surface area (Å²) in [6, 6.07) is 6.81. The summed E-state index contributed by atoms with van der Waals surface area (Å²) in [6.45, 7) is 6.10. The lowest BCUT2D eigenvalue weighted by Gasteiger charge is -2.33. The van der Waals surface area contributed by atoms with E-state index in [0.29, 0.717) is 0 Å². The summed E-state index contributed by atoms with van der Waals surface area (Å²) in [5, 5.41) is 0. The van der Waals surface area contributed by atoms with Crippen LogP contribution in [0.4, 0.5) is 0 Å². The average molecular weight is 327 g/mol. The van der Waals surface area contributed by atoms with E-state index >= 15 is 0 Å². The van der Waals surface area contributed by atoms with Gasteiger partial charge < -0.3 is 9.64 Å². The molecule has 130 valence electrons. The minimum atomic E-state index is 0.0645. The van der Waals surface area contributed by atoms with Gasteiger partial charge in [0.2, 0.25) is 6.41 Å². The summed E-state index contributed by atoms with van der Waals surface area (Å²) in [6.07, 6.45) is 12.3. The van der Waals surface area contributed by atoms with Crippen molar-refractivity contribution in [2.24, 2.45) is 0 Å². The van der Waals surface area contributed by atoms with Crippen molar-refractivity contribution in [2.45, 2.75) is 63.8 Å². The van der Waals surface area contributed by atoms with Crippen LogP contribution in [-0.2, 0) is 10.2 Å². The summed E-state index contributed by atoms with van der Waals surface area (Å²) in [5.41, 5.74) is 2.59. The van der Waals surface area contributed by atoms with Gasteiger partial charge in [-0.05, 0) is 43.7 Å². The van der Waals surface area contributed by atoms with Gasteiger partial charge in [0.15, 0.2) is 0 Å². The number of hydrogen-bond donors (Lipinski definition) is 0. The van der Waals surface area contributed by atoms with Gasteiger partial charge in [0.25, 0.3) is 0 Å². The molecule has 0 aromatic heterocycles. The van der Waals surface area contributed by atoms with Crippen molar-refractivity contribution >= 4 is 6.41 Å². The lowest BCUT2D eigenvalue weighted by Crippen LogP contribution is -2.32. The molecule has 3 nitrogen and oxygen atoms in total. The highest BCUT2D eigenvalue weighted by molar-refractivity contribution is 5.51. The molecule has 1 amide bonds. The Balaban J connectivity index is 1.78. The number of unbranched alkanes of at least 4 members (excludes halogenated alkanes) is 1. The summed E-state index contributed by atoms with van der Waals surface area (Å²) < 4.78 is 6.03. The van der Waals surface area contributed by atoms with Crippen molar-refractivity contribution in [2.75, 3.05) is 13.2 Å². The highest BCUT2D eigenvalue weighted by atomic mass is 16.5. The van der Waals surface area contributed by atoms with Gasteiger partial charge in [0, 0.05) is 17.5 Å². The van der Waals surface area contributed by atoms with Crippen LogP contribution < -0.4 is 4.74 Å². The second-order valence-corrected chi connectivity index (χ2v) is 7.42. The summed E-state index contributed by atoms with van der Waals surface area (Å²) in [5.74, 6) is 1.01. The fraction of sp³-hybridized carbons (Fsp3) is 0.571. The number of benzene rings is 1. The van der Waals surface area contributed by atoms with Crippen LogP contribution in [0.2, 0.25) is 0 Å². The quantitative estimate of drug-likeness (QED) is 0.556. The van der Waals surface area contributed by atoms with Crippen LogP contribution in [0.15, 0.2) is 30.4 Å². The van der Waals surface area contributed by atoms with Crippen LogP contribution in [0.3, 0.4) is 0 Å². The number of fused-ring (bicyclic) bond motifs is 1. The van der Waals surface area contributed by atoms with Crippen LogP contribution >= 0.6 is 0 Å². The maximum Gasteiger partial charge on any atom is 0.210 e. The number of carbonyl (C=O) groups is 1. The van der Waals surface area contributed by atoms with Crippen LogP contribution in [0.1, 0.15) is 69.5 Å². The number of amides is 1. The van der Waals surface area contributed by atoms with E-state index in [-0.39, 0.29) is 11.5 Å². The number of piperidine rings is 1. The van der Waals surface area contributed by atoms with Crippen molar-refractivity contribution in [3.63, 3.8) is 0 Å². The third-order valence-corrected chi connectivity index (χ3v) is 5.46. The van der Waals surface area contributed by atoms with Crippen LogP contribution in [-0.4, -0.2) is 24.5 Å². The van der Waals surface area contributed by atoms with E-state index in [4.69, 9.17) is 4.74 Å². The third-order valence-electron chi connectivity index (χ3n) is 5.46. The topological polar surface area (TPSA) is 29.5 Å². The monoisotopic (exact) mass is 327 g/mol. The third kappa shape index (κ3) is 3.35. The standard InChI is InChI=1S/C21H29NO2/c1-3-4-5-7-12-21(2)15-24-20-14-17(10-11-18(20)21)19-9-6-8-13-22(19)16-23/h5,7,10-11,14,16,19H,3-4,6,8-9,12-13,15H2,1-2H3/b7-5+. The molecule has 0 bridgehead atoms. The highest BCUT2D eigenvalue weighted by Gasteiger charge is 2.36. The Morgan fingerprint density at radius 2 is 2.21 bits per heavy atom. The van der Waals surface area contributed by atoms with E-state index in [1.165, 1.54) is 24.0 Å². The van der Waals surface area contributed by atoms with Crippen molar-refractivity contribution in [3.05, 3.63) is 41.5 Å². The first-order valence-corrected chi connectivity index (χ1v) is 9.31. The molecule has 1 saturated heterocycles. The fourth-order valence-electron chi connectivity index (χ4n) is 3.91. The molecule has 2 aliphatic rings. The highest BCUT2D eigenvalue weighted by Crippen LogP contribution is 2.43. The number of hydrogen-bond acceptors (Lipinski definition) is 2. The zero-order valence-corrected chi connectivity index (χ0v) is 15.0. The maximum absolute atomic E-state index is 11.3. The Labute approximate surface area is 145 Å². The Morgan fingerprint density at radius 1 is 1.33 bits per heavy atom. The van der Waals surface area contributed by atoms with Gasteiger partial charge in [0.05, 0.1) is 12.6 Å². The van der Waals surface area contributed by atoms with Crippen LogP contribution in [0.5, 0.6) is 5.75 Å². The van der Waals surface area contributed by atoms with E-state index in [1.54, 1.807) is 0 Å². The second kappa shape index (κ2) is 7.42.